The normalized spacial score (nSPS) is 14.1. The fraction of sp³-hybridized carbons (Fsp3) is 0.220. The van der Waals surface area contributed by atoms with Crippen molar-refractivity contribution in [3.63, 3.8) is 0 Å². The number of hydrogen-bond donors (Lipinski definition) is 0. The molecule has 0 saturated carbocycles. The van der Waals surface area contributed by atoms with Crippen LogP contribution >= 0.6 is 0 Å². The maximum Gasteiger partial charge on any atom is 0.143 e. The Morgan fingerprint density at radius 3 is 1.20 bits per heavy atom. The van der Waals surface area contributed by atoms with Crippen LogP contribution in [0.5, 0.6) is 0 Å². The van der Waals surface area contributed by atoms with Crippen molar-refractivity contribution in [2.75, 3.05) is 9.80 Å². The van der Waals surface area contributed by atoms with Crippen LogP contribution in [0.1, 0.15) is 166 Å². The zero-order valence-electron chi connectivity index (χ0n) is 60.8. The molecule has 18 rings (SSSR count). The molecular formula is C100H90N2O. The number of fused-ring (bicyclic) bond motifs is 19. The molecule has 4 aliphatic carbocycles. The van der Waals surface area contributed by atoms with Gasteiger partial charge in [0.05, 0.1) is 11.1 Å². The molecule has 3 nitrogen and oxygen atoms in total. The Bertz CT molecular complexity index is 5460. The zero-order chi connectivity index (χ0) is 69.7. The summed E-state index contributed by atoms with van der Waals surface area (Å²) in [4.78, 5) is 5.14. The van der Waals surface area contributed by atoms with Crippen LogP contribution in [0.2, 0.25) is 0 Å². The van der Waals surface area contributed by atoms with E-state index in [1.54, 1.807) is 0 Å². The molecule has 0 unspecified atom stereocenters. The lowest BCUT2D eigenvalue weighted by Crippen LogP contribution is -2.26. The largest absolute Gasteiger partial charge is 0.455 e. The summed E-state index contributed by atoms with van der Waals surface area (Å²) < 4.78 is 6.65. The number of hydrogen-bond acceptors (Lipinski definition) is 3. The summed E-state index contributed by atoms with van der Waals surface area (Å²) in [6.07, 6.45) is 14.0. The molecule has 0 radical (unpaired) electrons. The second-order valence-corrected chi connectivity index (χ2v) is 30.3. The highest BCUT2D eigenvalue weighted by Gasteiger charge is 2.53. The van der Waals surface area contributed by atoms with Gasteiger partial charge in [-0.25, -0.2) is 0 Å². The lowest BCUT2D eigenvalue weighted by Gasteiger charge is -2.35. The van der Waals surface area contributed by atoms with Gasteiger partial charge in [-0.3, -0.25) is 0 Å². The van der Waals surface area contributed by atoms with E-state index in [2.05, 4.69) is 331 Å². The molecule has 1 aromatic heterocycles. The third-order valence-corrected chi connectivity index (χ3v) is 24.3. The maximum atomic E-state index is 6.65. The van der Waals surface area contributed by atoms with E-state index in [0.717, 1.165) is 75.8 Å². The van der Waals surface area contributed by atoms with Crippen molar-refractivity contribution >= 4 is 56.1 Å². The lowest BCUT2D eigenvalue weighted by atomic mass is 9.70. The van der Waals surface area contributed by atoms with Crippen molar-refractivity contribution in [3.8, 4) is 66.8 Å². The minimum Gasteiger partial charge on any atom is -0.455 e. The van der Waals surface area contributed by atoms with Crippen LogP contribution in [0, 0.1) is 20.8 Å². The van der Waals surface area contributed by atoms with Crippen LogP contribution in [0.4, 0.5) is 34.1 Å². The molecule has 4 aliphatic rings. The first-order valence-corrected chi connectivity index (χ1v) is 38.4. The second-order valence-electron chi connectivity index (χ2n) is 30.3. The van der Waals surface area contributed by atoms with Crippen LogP contribution in [0.3, 0.4) is 0 Å². The van der Waals surface area contributed by atoms with E-state index >= 15 is 0 Å². The number of unbranched alkanes of at least 4 members (excludes halogenated alkanes) is 4. The van der Waals surface area contributed by atoms with E-state index in [-0.39, 0.29) is 10.8 Å². The summed E-state index contributed by atoms with van der Waals surface area (Å²) in [5, 5.41) is 2.26. The van der Waals surface area contributed by atoms with E-state index in [0.29, 0.717) is 0 Å². The fourth-order valence-electron chi connectivity index (χ4n) is 19.6. The molecule has 3 heteroatoms. The molecule has 0 atom stereocenters. The molecule has 14 aromatic rings. The Labute approximate surface area is 609 Å². The average Bonchev–Trinajstić information content (AvgIpc) is 1.51. The zero-order valence-corrected chi connectivity index (χ0v) is 60.8. The van der Waals surface area contributed by atoms with E-state index in [1.165, 1.54) is 185 Å². The molecule has 0 aliphatic heterocycles. The van der Waals surface area contributed by atoms with Crippen LogP contribution in [-0.4, -0.2) is 0 Å². The van der Waals surface area contributed by atoms with E-state index in [4.69, 9.17) is 4.42 Å². The predicted octanol–water partition coefficient (Wildman–Crippen LogP) is 28.4. The molecular weight excluding hydrogens is 1250 g/mol. The third kappa shape index (κ3) is 9.95. The molecule has 506 valence electrons. The quantitative estimate of drug-likeness (QED) is 0.0758. The van der Waals surface area contributed by atoms with Crippen molar-refractivity contribution < 1.29 is 4.42 Å². The summed E-state index contributed by atoms with van der Waals surface area (Å²) in [5.41, 5.74) is 38.8. The first-order valence-electron chi connectivity index (χ1n) is 38.4. The van der Waals surface area contributed by atoms with E-state index in [9.17, 15) is 0 Å². The van der Waals surface area contributed by atoms with Gasteiger partial charge >= 0.3 is 0 Å². The SMILES string of the molecule is CCCCC1(CCCC)c2cc(C)ccc2-c2ccc(N(c3ccc(-c4ccc(N(c5ccc(-c6cccc7c6oc6ccccc67)cc5)c5cccc6c5-c5ccccc5C65c6ccccc6-c6ccccc65)cc4)c(C)c3)c3ccc4c(c3)C(CCCC)(CCCC)c3cc(C)ccc3-4)cc21. The van der Waals surface area contributed by atoms with Gasteiger partial charge in [-0.1, -0.05) is 290 Å². The molecule has 13 aromatic carbocycles. The van der Waals surface area contributed by atoms with Gasteiger partial charge < -0.3 is 14.2 Å². The number of rotatable bonds is 20. The van der Waals surface area contributed by atoms with Crippen LogP contribution in [-0.2, 0) is 16.2 Å². The average molecular weight is 1340 g/mol. The number of furan rings is 1. The highest BCUT2D eigenvalue weighted by molar-refractivity contribution is 6.10. The molecule has 0 bridgehead atoms. The van der Waals surface area contributed by atoms with Gasteiger partial charge in [-0.05, 0) is 225 Å². The molecule has 0 N–H and O–H groups in total. The summed E-state index contributed by atoms with van der Waals surface area (Å²) in [6, 6.07) is 105. The monoisotopic (exact) mass is 1330 g/mol. The summed E-state index contributed by atoms with van der Waals surface area (Å²) in [6.45, 7) is 16.4. The fourth-order valence-corrected chi connectivity index (χ4v) is 19.6. The van der Waals surface area contributed by atoms with Gasteiger partial charge in [-0.2, -0.15) is 0 Å². The molecule has 0 fully saturated rings. The Hall–Kier alpha value is -10.7. The Morgan fingerprint density at radius 2 is 0.680 bits per heavy atom. The summed E-state index contributed by atoms with van der Waals surface area (Å²) in [5.74, 6) is 0. The Morgan fingerprint density at radius 1 is 0.291 bits per heavy atom. The number of nitrogens with zero attached hydrogens (tertiary/aromatic N) is 2. The minimum absolute atomic E-state index is 0.0602. The van der Waals surface area contributed by atoms with Gasteiger partial charge in [0.2, 0.25) is 0 Å². The molecule has 0 amide bonds. The van der Waals surface area contributed by atoms with Crippen molar-refractivity contribution in [1.82, 2.24) is 0 Å². The van der Waals surface area contributed by atoms with Crippen LogP contribution < -0.4 is 9.80 Å². The smallest absolute Gasteiger partial charge is 0.143 e. The van der Waals surface area contributed by atoms with Gasteiger partial charge in [-0.15, -0.1) is 0 Å². The topological polar surface area (TPSA) is 19.6 Å². The van der Waals surface area contributed by atoms with Crippen LogP contribution in [0.15, 0.2) is 277 Å². The van der Waals surface area contributed by atoms with Gasteiger partial charge in [0.1, 0.15) is 11.2 Å². The first kappa shape index (κ1) is 64.4. The summed E-state index contributed by atoms with van der Waals surface area (Å²) in [7, 11) is 0. The Kier molecular flexibility index (Phi) is 16.0. The Balaban J connectivity index is 0.781. The van der Waals surface area contributed by atoms with Crippen molar-refractivity contribution in [2.45, 2.75) is 142 Å². The molecule has 0 saturated heterocycles. The third-order valence-electron chi connectivity index (χ3n) is 24.3. The summed E-state index contributed by atoms with van der Waals surface area (Å²) >= 11 is 0. The number of anilines is 6. The first-order chi connectivity index (χ1) is 50.6. The van der Waals surface area contributed by atoms with Gasteiger partial charge in [0, 0.05) is 61.2 Å². The molecule has 1 spiro atoms. The van der Waals surface area contributed by atoms with Crippen molar-refractivity contribution in [2.24, 2.45) is 0 Å². The molecule has 103 heavy (non-hydrogen) atoms. The van der Waals surface area contributed by atoms with Gasteiger partial charge in [0.25, 0.3) is 0 Å². The number of para-hydroxylation sites is 2. The highest BCUT2D eigenvalue weighted by Crippen LogP contribution is 2.65. The minimum atomic E-state index is -0.488. The number of aryl methyl sites for hydroxylation is 3. The predicted molar refractivity (Wildman–Crippen MR) is 435 cm³/mol. The standard InChI is InChI=1S/C100H90N2O/c1-8-12-56-98(57-13-9-2)90-60-65(5)38-51-79(90)81-54-49-73(63-92(81)98)101(74-50-55-82-80-52-39-66(6)61-91(80)99(58-14-10-3,59-15-11-4)93(82)64-74)72-48-53-75(67(7)62-72)68-40-44-70(45-41-68)102(71-46-42-69(43-47-71)76-30-24-31-84-83-28-19-23-37-95(83)103-97(76)84)94-36-25-35-89-96(94)85-29-18-22-34-88(85)100(89)86-32-20-16-26-77(86)78-27-17-21-33-87(78)100/h16-55,60-64H,8-15,56-59H2,1-7H3. The van der Waals surface area contributed by atoms with E-state index in [1.807, 2.05) is 0 Å². The van der Waals surface area contributed by atoms with Crippen molar-refractivity contribution in [1.29, 1.82) is 0 Å². The van der Waals surface area contributed by atoms with Gasteiger partial charge in [0.15, 0.2) is 0 Å². The molecule has 1 heterocycles. The lowest BCUT2D eigenvalue weighted by molar-refractivity contribution is 0.414. The maximum absolute atomic E-state index is 6.65. The highest BCUT2D eigenvalue weighted by atomic mass is 16.3. The number of benzene rings is 13. The van der Waals surface area contributed by atoms with Crippen molar-refractivity contribution in [3.05, 3.63) is 334 Å². The van der Waals surface area contributed by atoms with Crippen LogP contribution in [0.25, 0.3) is 88.7 Å². The second kappa shape index (κ2) is 25.6. The van der Waals surface area contributed by atoms with E-state index < -0.39 is 5.41 Å².